The first-order valence-electron chi connectivity index (χ1n) is 19.0. The number of benzene rings is 6. The van der Waals surface area contributed by atoms with Crippen LogP contribution in [0.4, 0.5) is 11.4 Å². The first kappa shape index (κ1) is 35.7. The van der Waals surface area contributed by atoms with Gasteiger partial charge in [0.1, 0.15) is 0 Å². The second kappa shape index (κ2) is 17.7. The van der Waals surface area contributed by atoms with Crippen LogP contribution in [-0.4, -0.2) is 0 Å². The van der Waals surface area contributed by atoms with E-state index in [0.29, 0.717) is 0 Å². The molecule has 2 heteroatoms. The topological polar surface area (TPSA) is 52.0 Å². The molecule has 0 spiro atoms. The summed E-state index contributed by atoms with van der Waals surface area (Å²) in [6.07, 6.45) is 11.9. The molecule has 0 heterocycles. The SMILES string of the molecule is CCCCc1cc(Cc2ccc(Cc3ccc(Cc4ccc(Cc5ccc(N)cc5)c(CCCC)c4)cc3)cc2)ccc1Cc1ccc(N)cc1. The molecule has 260 valence electrons. The largest absolute Gasteiger partial charge is 0.399 e. The average Bonchev–Trinajstić information content (AvgIpc) is 3.15. The predicted octanol–water partition coefficient (Wildman–Crippen LogP) is 11.5. The van der Waals surface area contributed by atoms with Crippen LogP contribution in [0.1, 0.15) is 106 Å². The van der Waals surface area contributed by atoms with Gasteiger partial charge in [-0.3, -0.25) is 0 Å². The Morgan fingerprint density at radius 2 is 0.588 bits per heavy atom. The third-order valence-electron chi connectivity index (χ3n) is 10.2. The first-order chi connectivity index (χ1) is 24.9. The van der Waals surface area contributed by atoms with Gasteiger partial charge in [-0.1, -0.05) is 136 Å². The minimum atomic E-state index is 0.820. The highest BCUT2D eigenvalue weighted by Gasteiger charge is 2.09. The Balaban J connectivity index is 1.06. The molecule has 6 rings (SSSR count). The fraction of sp³-hybridized carbons (Fsp3) is 0.265. The van der Waals surface area contributed by atoms with E-state index >= 15 is 0 Å². The van der Waals surface area contributed by atoms with E-state index in [2.05, 4.69) is 123 Å². The molecule has 4 N–H and O–H groups in total. The van der Waals surface area contributed by atoms with E-state index in [1.807, 2.05) is 24.3 Å². The maximum atomic E-state index is 5.92. The highest BCUT2D eigenvalue weighted by atomic mass is 14.5. The predicted molar refractivity (Wildman–Crippen MR) is 219 cm³/mol. The Hall–Kier alpha value is -5.08. The van der Waals surface area contributed by atoms with Gasteiger partial charge in [0.05, 0.1) is 0 Å². The number of anilines is 2. The molecule has 6 aromatic rings. The molecule has 51 heavy (non-hydrogen) atoms. The van der Waals surface area contributed by atoms with Gasteiger partial charge in [-0.25, -0.2) is 0 Å². The van der Waals surface area contributed by atoms with E-state index in [0.717, 1.165) is 56.3 Å². The van der Waals surface area contributed by atoms with E-state index in [4.69, 9.17) is 11.5 Å². The molecule has 0 unspecified atom stereocenters. The Labute approximate surface area is 306 Å². The van der Waals surface area contributed by atoms with Crippen molar-refractivity contribution in [2.45, 2.75) is 84.5 Å². The quantitative estimate of drug-likeness (QED) is 0.101. The highest BCUT2D eigenvalue weighted by Crippen LogP contribution is 2.24. The van der Waals surface area contributed by atoms with Crippen molar-refractivity contribution in [2.75, 3.05) is 11.5 Å². The molecule has 0 aliphatic carbocycles. The van der Waals surface area contributed by atoms with Gasteiger partial charge in [0.2, 0.25) is 0 Å². The molecule has 0 bridgehead atoms. The zero-order valence-electron chi connectivity index (χ0n) is 30.6. The normalized spacial score (nSPS) is 11.2. The fourth-order valence-corrected chi connectivity index (χ4v) is 7.09. The van der Waals surface area contributed by atoms with E-state index < -0.39 is 0 Å². The molecule has 0 saturated carbocycles. The van der Waals surface area contributed by atoms with E-state index in [1.165, 1.54) is 92.4 Å². The first-order valence-corrected chi connectivity index (χ1v) is 19.0. The zero-order chi connectivity index (χ0) is 35.4. The number of aryl methyl sites for hydroxylation is 2. The summed E-state index contributed by atoms with van der Waals surface area (Å²) in [4.78, 5) is 0. The van der Waals surface area contributed by atoms with Crippen LogP contribution in [0.15, 0.2) is 133 Å². The maximum absolute atomic E-state index is 5.92. The third-order valence-corrected chi connectivity index (χ3v) is 10.2. The number of rotatable bonds is 16. The molecule has 0 amide bonds. The van der Waals surface area contributed by atoms with Crippen LogP contribution in [0.25, 0.3) is 0 Å². The molecule has 0 radical (unpaired) electrons. The fourth-order valence-electron chi connectivity index (χ4n) is 7.09. The molecule has 0 fully saturated rings. The molecule has 0 atom stereocenters. The standard InChI is InChI=1S/C49H54N2/c1-3-5-7-44-34-42(17-23-46(44)32-40-19-25-48(50)26-20-40)30-38-13-9-36(10-14-38)29-37-11-15-39(16-12-37)31-43-18-24-47(45(35-43)8-6-4-2)33-41-21-27-49(51)28-22-41/h9-28,34-35H,3-8,29-33,50-51H2,1-2H3. The van der Waals surface area contributed by atoms with Crippen LogP contribution < -0.4 is 11.5 Å². The number of hydrogen-bond donors (Lipinski definition) is 2. The molecule has 2 nitrogen and oxygen atoms in total. The lowest BCUT2D eigenvalue weighted by Gasteiger charge is -2.13. The van der Waals surface area contributed by atoms with Crippen LogP contribution in [0, 0.1) is 0 Å². The number of nitrogens with two attached hydrogens (primary N) is 2. The molecule has 0 aliphatic rings. The van der Waals surface area contributed by atoms with E-state index in [-0.39, 0.29) is 0 Å². The minimum absolute atomic E-state index is 0.820. The Kier molecular flexibility index (Phi) is 12.4. The molecule has 0 aliphatic heterocycles. The summed E-state index contributed by atoms with van der Waals surface area (Å²) in [5.74, 6) is 0. The average molecular weight is 671 g/mol. The summed E-state index contributed by atoms with van der Waals surface area (Å²) >= 11 is 0. The molecule has 0 aromatic heterocycles. The Morgan fingerprint density at radius 1 is 0.314 bits per heavy atom. The van der Waals surface area contributed by atoms with Crippen molar-refractivity contribution >= 4 is 11.4 Å². The van der Waals surface area contributed by atoms with Crippen molar-refractivity contribution in [3.63, 3.8) is 0 Å². The Morgan fingerprint density at radius 3 is 0.922 bits per heavy atom. The minimum Gasteiger partial charge on any atom is -0.399 e. The molecule has 6 aromatic carbocycles. The van der Waals surface area contributed by atoms with Gasteiger partial charge >= 0.3 is 0 Å². The highest BCUT2D eigenvalue weighted by molar-refractivity contribution is 5.45. The number of unbranched alkanes of at least 4 members (excludes halogenated alkanes) is 2. The van der Waals surface area contributed by atoms with Crippen LogP contribution in [-0.2, 0) is 44.9 Å². The lowest BCUT2D eigenvalue weighted by Crippen LogP contribution is -2.00. The van der Waals surface area contributed by atoms with Crippen molar-refractivity contribution in [1.29, 1.82) is 0 Å². The summed E-state index contributed by atoms with van der Waals surface area (Å²) < 4.78 is 0. The van der Waals surface area contributed by atoms with Crippen molar-refractivity contribution in [3.8, 4) is 0 Å². The summed E-state index contributed by atoms with van der Waals surface area (Å²) in [5.41, 5.74) is 30.1. The summed E-state index contributed by atoms with van der Waals surface area (Å²) in [6.45, 7) is 4.54. The van der Waals surface area contributed by atoms with Gasteiger partial charge in [0, 0.05) is 11.4 Å². The molecule has 0 saturated heterocycles. The van der Waals surface area contributed by atoms with Gasteiger partial charge in [0.25, 0.3) is 0 Å². The zero-order valence-corrected chi connectivity index (χ0v) is 30.6. The smallest absolute Gasteiger partial charge is 0.0314 e. The maximum Gasteiger partial charge on any atom is 0.0314 e. The van der Waals surface area contributed by atoms with Crippen molar-refractivity contribution in [1.82, 2.24) is 0 Å². The van der Waals surface area contributed by atoms with Gasteiger partial charge < -0.3 is 11.5 Å². The van der Waals surface area contributed by atoms with Crippen LogP contribution >= 0.6 is 0 Å². The summed E-state index contributed by atoms with van der Waals surface area (Å²) in [5, 5.41) is 0. The van der Waals surface area contributed by atoms with E-state index in [1.54, 1.807) is 0 Å². The van der Waals surface area contributed by atoms with Gasteiger partial charge in [-0.05, 0) is 149 Å². The molecular weight excluding hydrogens is 617 g/mol. The lowest BCUT2D eigenvalue weighted by atomic mass is 9.92. The number of nitrogen functional groups attached to an aromatic ring is 2. The van der Waals surface area contributed by atoms with Crippen molar-refractivity contribution < 1.29 is 0 Å². The monoisotopic (exact) mass is 670 g/mol. The van der Waals surface area contributed by atoms with Crippen LogP contribution in [0.5, 0.6) is 0 Å². The molecular formula is C49H54N2. The summed E-state index contributed by atoms with van der Waals surface area (Å²) in [7, 11) is 0. The van der Waals surface area contributed by atoms with Gasteiger partial charge in [-0.2, -0.15) is 0 Å². The lowest BCUT2D eigenvalue weighted by molar-refractivity contribution is 0.787. The third kappa shape index (κ3) is 10.5. The summed E-state index contributed by atoms with van der Waals surface area (Å²) in [6, 6.07) is 49.3. The van der Waals surface area contributed by atoms with Crippen molar-refractivity contribution in [3.05, 3.63) is 200 Å². The number of hydrogen-bond acceptors (Lipinski definition) is 2. The van der Waals surface area contributed by atoms with Crippen LogP contribution in [0.3, 0.4) is 0 Å². The second-order valence-electron chi connectivity index (χ2n) is 14.4. The second-order valence-corrected chi connectivity index (χ2v) is 14.4. The van der Waals surface area contributed by atoms with Crippen LogP contribution in [0.2, 0.25) is 0 Å². The van der Waals surface area contributed by atoms with Gasteiger partial charge in [-0.15, -0.1) is 0 Å². The Bertz CT molecular complexity index is 1820. The van der Waals surface area contributed by atoms with E-state index in [9.17, 15) is 0 Å². The van der Waals surface area contributed by atoms with Crippen molar-refractivity contribution in [2.24, 2.45) is 0 Å². The van der Waals surface area contributed by atoms with Gasteiger partial charge in [0.15, 0.2) is 0 Å².